The van der Waals surface area contributed by atoms with Crippen LogP contribution in [0.15, 0.2) is 0 Å². The van der Waals surface area contributed by atoms with Gasteiger partial charge in [-0.3, -0.25) is 14.4 Å². The monoisotopic (exact) mass is 474 g/mol. The highest BCUT2D eigenvalue weighted by Crippen LogP contribution is 2.25. The molecule has 0 aliphatic rings. The number of esters is 3. The molecule has 0 radical (unpaired) electrons. The van der Waals surface area contributed by atoms with Crippen molar-refractivity contribution in [3.8, 4) is 0 Å². The van der Waals surface area contributed by atoms with E-state index in [-0.39, 0.29) is 26.4 Å². The van der Waals surface area contributed by atoms with Gasteiger partial charge in [-0.25, -0.2) is 0 Å². The van der Waals surface area contributed by atoms with Crippen molar-refractivity contribution in [3.05, 3.63) is 0 Å². The Balaban J connectivity index is 5.05. The molecule has 0 aliphatic carbocycles. The molecule has 0 unspecified atom stereocenters. The third-order valence-electron chi connectivity index (χ3n) is 2.83. The van der Waals surface area contributed by atoms with E-state index in [1.165, 1.54) is 6.92 Å². The number of halogens is 2. The average molecular weight is 476 g/mol. The van der Waals surface area contributed by atoms with Crippen LogP contribution in [-0.4, -0.2) is 58.1 Å². The Morgan fingerprint density at radius 1 is 0.792 bits per heavy atom. The van der Waals surface area contributed by atoms with Gasteiger partial charge in [0.15, 0.2) is 0 Å². The predicted octanol–water partition coefficient (Wildman–Crippen LogP) is 1.96. The lowest BCUT2D eigenvalue weighted by Crippen LogP contribution is -2.43. The average Bonchev–Trinajstić information content (AvgIpc) is 2.45. The summed E-state index contributed by atoms with van der Waals surface area (Å²) in [4.78, 5) is 35.9. The second-order valence-corrected chi connectivity index (χ2v) is 10.5. The number of hydrogen-bond donors (Lipinski definition) is 1. The summed E-state index contributed by atoms with van der Waals surface area (Å²) in [6, 6.07) is 0. The Labute approximate surface area is 158 Å². The summed E-state index contributed by atoms with van der Waals surface area (Å²) in [5, 5.41) is 8.77. The summed E-state index contributed by atoms with van der Waals surface area (Å²) in [7, 11) is 0. The number of ether oxygens (including phenoxy) is 3. The van der Waals surface area contributed by atoms with Gasteiger partial charge in [-0.05, 0) is 34.6 Å². The second kappa shape index (κ2) is 9.15. The number of aliphatic hydroxyl groups excluding tert-OH is 1. The summed E-state index contributed by atoms with van der Waals surface area (Å²) in [6.45, 7) is 6.65. The molecule has 0 heterocycles. The molecule has 1 N–H and O–H groups in total. The van der Waals surface area contributed by atoms with Crippen molar-refractivity contribution < 1.29 is 33.7 Å². The van der Waals surface area contributed by atoms with Crippen LogP contribution in [0.1, 0.15) is 34.6 Å². The molecule has 140 valence electrons. The van der Waals surface area contributed by atoms with E-state index < -0.39 is 32.0 Å². The molecule has 0 aromatic rings. The molecule has 0 bridgehead atoms. The standard InChI is InChI=1S/C15H24Br2O7/c1-13(2,16)10(19)23-8-15(5,12(21)22-7-6-18)9-24-11(20)14(3,4)17/h18H,6-9H2,1-5H3. The van der Waals surface area contributed by atoms with Gasteiger partial charge in [-0.1, -0.05) is 31.9 Å². The molecular weight excluding hydrogens is 452 g/mol. The lowest BCUT2D eigenvalue weighted by atomic mass is 9.93. The Bertz CT molecular complexity index is 433. The topological polar surface area (TPSA) is 99.1 Å². The fourth-order valence-electron chi connectivity index (χ4n) is 1.26. The van der Waals surface area contributed by atoms with E-state index in [0.29, 0.717) is 0 Å². The van der Waals surface area contributed by atoms with E-state index in [1.807, 2.05) is 0 Å². The molecule has 0 atom stereocenters. The quantitative estimate of drug-likeness (QED) is 0.309. The SMILES string of the molecule is CC(C)(Br)C(=O)OCC(C)(COC(=O)C(C)(C)Br)C(=O)OCCO. The highest BCUT2D eigenvalue weighted by Gasteiger charge is 2.41. The van der Waals surface area contributed by atoms with Crippen LogP contribution in [0.4, 0.5) is 0 Å². The van der Waals surface area contributed by atoms with Gasteiger partial charge < -0.3 is 19.3 Å². The molecule has 0 amide bonds. The van der Waals surface area contributed by atoms with Crippen molar-refractivity contribution in [2.24, 2.45) is 5.41 Å². The van der Waals surface area contributed by atoms with Gasteiger partial charge in [0.25, 0.3) is 0 Å². The summed E-state index contributed by atoms with van der Waals surface area (Å²) < 4.78 is 13.3. The van der Waals surface area contributed by atoms with Crippen LogP contribution < -0.4 is 0 Å². The minimum absolute atomic E-state index is 0.204. The van der Waals surface area contributed by atoms with Gasteiger partial charge in [0.1, 0.15) is 33.9 Å². The third kappa shape index (κ3) is 7.94. The molecule has 0 spiro atoms. The van der Waals surface area contributed by atoms with Crippen LogP contribution >= 0.6 is 31.9 Å². The first-order valence-electron chi connectivity index (χ1n) is 7.24. The van der Waals surface area contributed by atoms with Crippen LogP contribution in [0.2, 0.25) is 0 Å². The third-order valence-corrected chi connectivity index (χ3v) is 3.48. The molecule has 24 heavy (non-hydrogen) atoms. The van der Waals surface area contributed by atoms with Crippen LogP contribution in [0.3, 0.4) is 0 Å². The number of rotatable bonds is 9. The van der Waals surface area contributed by atoms with Gasteiger partial charge in [0.2, 0.25) is 0 Å². The fourth-order valence-corrected chi connectivity index (χ4v) is 1.49. The molecule has 0 saturated carbocycles. The number of carbonyl (C=O) groups is 3. The van der Waals surface area contributed by atoms with E-state index in [9.17, 15) is 14.4 Å². The zero-order valence-electron chi connectivity index (χ0n) is 14.5. The smallest absolute Gasteiger partial charge is 0.322 e. The summed E-state index contributed by atoms with van der Waals surface area (Å²) in [5.41, 5.74) is -1.39. The molecule has 0 saturated heterocycles. The van der Waals surface area contributed by atoms with Gasteiger partial charge in [0, 0.05) is 0 Å². The van der Waals surface area contributed by atoms with Crippen LogP contribution in [0.5, 0.6) is 0 Å². The van der Waals surface area contributed by atoms with Crippen molar-refractivity contribution in [2.45, 2.75) is 43.3 Å². The Kier molecular flexibility index (Phi) is 8.89. The molecule has 0 aromatic heterocycles. The first-order chi connectivity index (χ1) is 10.7. The minimum atomic E-state index is -1.39. The Morgan fingerprint density at radius 2 is 1.17 bits per heavy atom. The summed E-state index contributed by atoms with van der Waals surface area (Å²) >= 11 is 6.33. The highest BCUT2D eigenvalue weighted by atomic mass is 79.9. The lowest BCUT2D eigenvalue weighted by molar-refractivity contribution is -0.171. The van der Waals surface area contributed by atoms with Gasteiger partial charge in [0.05, 0.1) is 6.61 Å². The van der Waals surface area contributed by atoms with Gasteiger partial charge in [-0.15, -0.1) is 0 Å². The van der Waals surface area contributed by atoms with Crippen LogP contribution in [0.25, 0.3) is 0 Å². The zero-order chi connectivity index (χ0) is 19.2. The normalized spacial score (nSPS) is 12.5. The molecule has 7 nitrogen and oxygen atoms in total. The van der Waals surface area contributed by atoms with Gasteiger partial charge >= 0.3 is 17.9 Å². The molecular formula is C15H24Br2O7. The number of carbonyl (C=O) groups excluding carboxylic acids is 3. The van der Waals surface area contributed by atoms with E-state index in [0.717, 1.165) is 0 Å². The largest absolute Gasteiger partial charge is 0.463 e. The Morgan fingerprint density at radius 3 is 1.46 bits per heavy atom. The van der Waals surface area contributed by atoms with Crippen molar-refractivity contribution in [3.63, 3.8) is 0 Å². The van der Waals surface area contributed by atoms with Crippen LogP contribution in [-0.2, 0) is 28.6 Å². The molecule has 0 aliphatic heterocycles. The van der Waals surface area contributed by atoms with Crippen molar-refractivity contribution in [2.75, 3.05) is 26.4 Å². The predicted molar refractivity (Wildman–Crippen MR) is 94.1 cm³/mol. The zero-order valence-corrected chi connectivity index (χ0v) is 17.7. The maximum absolute atomic E-state index is 12.2. The number of alkyl halides is 2. The van der Waals surface area contributed by atoms with E-state index in [1.54, 1.807) is 27.7 Å². The second-order valence-electron chi connectivity index (χ2n) is 6.52. The molecule has 0 aromatic carbocycles. The fraction of sp³-hybridized carbons (Fsp3) is 0.800. The number of hydrogen-bond acceptors (Lipinski definition) is 7. The van der Waals surface area contributed by atoms with Crippen LogP contribution in [0, 0.1) is 5.41 Å². The van der Waals surface area contributed by atoms with Gasteiger partial charge in [-0.2, -0.15) is 0 Å². The van der Waals surface area contributed by atoms with Crippen molar-refractivity contribution in [1.82, 2.24) is 0 Å². The lowest BCUT2D eigenvalue weighted by Gasteiger charge is -2.28. The van der Waals surface area contributed by atoms with Crippen molar-refractivity contribution in [1.29, 1.82) is 0 Å². The first-order valence-corrected chi connectivity index (χ1v) is 8.83. The first kappa shape index (κ1) is 23.3. The maximum Gasteiger partial charge on any atom is 0.322 e. The summed E-state index contributed by atoms with van der Waals surface area (Å²) in [5.74, 6) is -1.89. The van der Waals surface area contributed by atoms with E-state index in [2.05, 4.69) is 31.9 Å². The molecule has 0 rings (SSSR count). The van der Waals surface area contributed by atoms with E-state index in [4.69, 9.17) is 19.3 Å². The van der Waals surface area contributed by atoms with E-state index >= 15 is 0 Å². The maximum atomic E-state index is 12.2. The summed E-state index contributed by atoms with van der Waals surface area (Å²) in [6.07, 6.45) is 0. The Hall–Kier alpha value is -0.670. The highest BCUT2D eigenvalue weighted by molar-refractivity contribution is 9.10. The number of aliphatic hydroxyl groups is 1. The molecule has 0 fully saturated rings. The molecule has 9 heteroatoms. The van der Waals surface area contributed by atoms with Crippen molar-refractivity contribution >= 4 is 49.8 Å². The minimum Gasteiger partial charge on any atom is -0.463 e.